The van der Waals surface area contributed by atoms with E-state index in [0.29, 0.717) is 18.2 Å². The summed E-state index contributed by atoms with van der Waals surface area (Å²) in [4.78, 5) is 14.5. The average Bonchev–Trinajstić information content (AvgIpc) is 3.11. The van der Waals surface area contributed by atoms with Crippen LogP contribution in [0.5, 0.6) is 0 Å². The summed E-state index contributed by atoms with van der Waals surface area (Å²) in [5.41, 5.74) is 0.573. The molecule has 2 aliphatic rings. The molecule has 19 heavy (non-hydrogen) atoms. The third-order valence-corrected chi connectivity index (χ3v) is 3.99. The van der Waals surface area contributed by atoms with Gasteiger partial charge in [0, 0.05) is 6.20 Å². The fraction of sp³-hybridized carbons (Fsp3) is 0.692. The number of aromatic nitrogens is 2. The molecular weight excluding hydrogens is 244 g/mol. The van der Waals surface area contributed by atoms with Crippen LogP contribution in [0.2, 0.25) is 0 Å². The summed E-state index contributed by atoms with van der Waals surface area (Å²) >= 11 is 0. The first-order valence-corrected chi connectivity index (χ1v) is 6.96. The van der Waals surface area contributed by atoms with E-state index in [4.69, 9.17) is 4.74 Å². The van der Waals surface area contributed by atoms with Gasteiger partial charge in [-0.3, -0.25) is 14.8 Å². The number of nitrogens with one attached hydrogen (secondary N) is 2. The molecule has 0 aliphatic carbocycles. The molecule has 1 amide bonds. The zero-order valence-corrected chi connectivity index (χ0v) is 11.0. The summed E-state index contributed by atoms with van der Waals surface area (Å²) in [7, 11) is 0. The number of amides is 1. The lowest BCUT2D eigenvalue weighted by Gasteiger charge is -2.34. The second kappa shape index (κ2) is 5.71. The molecule has 1 aromatic rings. The van der Waals surface area contributed by atoms with Crippen LogP contribution in [0.15, 0.2) is 12.4 Å². The number of nitrogens with zero attached hydrogens (tertiary/aromatic N) is 2. The van der Waals surface area contributed by atoms with Crippen LogP contribution in [-0.2, 0) is 4.74 Å². The van der Waals surface area contributed by atoms with Gasteiger partial charge in [-0.2, -0.15) is 5.10 Å². The van der Waals surface area contributed by atoms with Crippen molar-refractivity contribution in [1.29, 1.82) is 0 Å². The number of aromatic amines is 1. The normalized spacial score (nSPS) is 28.4. The van der Waals surface area contributed by atoms with Gasteiger partial charge in [0.1, 0.15) is 0 Å². The maximum atomic E-state index is 12.0. The molecule has 0 spiro atoms. The van der Waals surface area contributed by atoms with E-state index in [1.54, 1.807) is 12.4 Å². The maximum Gasteiger partial charge on any atom is 0.254 e. The molecule has 0 radical (unpaired) electrons. The Labute approximate surface area is 112 Å². The number of carbonyl (C=O) groups is 1. The maximum absolute atomic E-state index is 12.0. The van der Waals surface area contributed by atoms with Gasteiger partial charge in [-0.05, 0) is 25.9 Å². The van der Waals surface area contributed by atoms with Crippen LogP contribution in [0.4, 0.5) is 0 Å². The number of hydrogen-bond acceptors (Lipinski definition) is 4. The van der Waals surface area contributed by atoms with Crippen molar-refractivity contribution >= 4 is 5.91 Å². The van der Waals surface area contributed by atoms with Crippen LogP contribution in [0, 0.1) is 0 Å². The van der Waals surface area contributed by atoms with E-state index in [1.165, 1.54) is 19.3 Å². The minimum absolute atomic E-state index is 0.0775. The molecule has 2 atom stereocenters. The van der Waals surface area contributed by atoms with E-state index in [0.717, 1.165) is 19.7 Å². The number of rotatable bonds is 3. The summed E-state index contributed by atoms with van der Waals surface area (Å²) in [6.07, 6.45) is 6.97. The minimum Gasteiger partial charge on any atom is -0.378 e. The summed E-state index contributed by atoms with van der Waals surface area (Å²) in [5.74, 6) is -0.0775. The van der Waals surface area contributed by atoms with E-state index in [9.17, 15) is 4.79 Å². The van der Waals surface area contributed by atoms with Crippen LogP contribution < -0.4 is 5.32 Å². The van der Waals surface area contributed by atoms with Crippen LogP contribution in [0.1, 0.15) is 29.6 Å². The van der Waals surface area contributed by atoms with E-state index in [1.807, 2.05) is 0 Å². The van der Waals surface area contributed by atoms with Crippen molar-refractivity contribution in [2.75, 3.05) is 26.3 Å². The lowest BCUT2D eigenvalue weighted by molar-refractivity contribution is 0.0900. The van der Waals surface area contributed by atoms with Gasteiger partial charge < -0.3 is 10.1 Å². The van der Waals surface area contributed by atoms with E-state index < -0.39 is 0 Å². The Morgan fingerprint density at radius 3 is 2.95 bits per heavy atom. The van der Waals surface area contributed by atoms with Gasteiger partial charge >= 0.3 is 0 Å². The molecule has 2 aliphatic heterocycles. The van der Waals surface area contributed by atoms with E-state index in [2.05, 4.69) is 20.4 Å². The van der Waals surface area contributed by atoms with Crippen LogP contribution in [-0.4, -0.2) is 59.4 Å². The number of piperidine rings is 1. The van der Waals surface area contributed by atoms with Crippen LogP contribution in [0.25, 0.3) is 0 Å². The Morgan fingerprint density at radius 2 is 2.21 bits per heavy atom. The summed E-state index contributed by atoms with van der Waals surface area (Å²) in [6.45, 7) is 3.55. The lowest BCUT2D eigenvalue weighted by Crippen LogP contribution is -2.52. The molecule has 6 nitrogen and oxygen atoms in total. The fourth-order valence-corrected chi connectivity index (χ4v) is 2.92. The van der Waals surface area contributed by atoms with Crippen molar-refractivity contribution in [2.45, 2.75) is 31.3 Å². The van der Waals surface area contributed by atoms with Gasteiger partial charge in [0.05, 0.1) is 37.1 Å². The monoisotopic (exact) mass is 264 g/mol. The molecule has 3 heterocycles. The highest BCUT2D eigenvalue weighted by Crippen LogP contribution is 2.19. The first-order chi connectivity index (χ1) is 9.34. The standard InChI is InChI=1S/C13H20N4O2/c18-13(10-6-14-15-7-10)16-11-8-19-9-12(11)17-4-2-1-3-5-17/h6-7,11-12H,1-5,8-9H2,(H,14,15)(H,16,18)/t11-,12-/m1/s1. The average molecular weight is 264 g/mol. The van der Waals surface area contributed by atoms with Crippen molar-refractivity contribution in [3.63, 3.8) is 0 Å². The van der Waals surface area contributed by atoms with E-state index in [-0.39, 0.29) is 11.9 Å². The zero-order valence-electron chi connectivity index (χ0n) is 11.0. The molecule has 2 N–H and O–H groups in total. The molecule has 3 rings (SSSR count). The smallest absolute Gasteiger partial charge is 0.254 e. The Morgan fingerprint density at radius 1 is 1.37 bits per heavy atom. The van der Waals surface area contributed by atoms with Crippen molar-refractivity contribution in [1.82, 2.24) is 20.4 Å². The number of H-pyrrole nitrogens is 1. The largest absolute Gasteiger partial charge is 0.378 e. The Kier molecular flexibility index (Phi) is 3.79. The van der Waals surface area contributed by atoms with Crippen molar-refractivity contribution < 1.29 is 9.53 Å². The van der Waals surface area contributed by atoms with Crippen molar-refractivity contribution in [2.24, 2.45) is 0 Å². The molecule has 0 bridgehead atoms. The van der Waals surface area contributed by atoms with Gasteiger partial charge in [-0.1, -0.05) is 6.42 Å². The third-order valence-electron chi connectivity index (χ3n) is 3.99. The fourth-order valence-electron chi connectivity index (χ4n) is 2.92. The predicted octanol–water partition coefficient (Wildman–Crippen LogP) is 0.393. The number of hydrogen-bond donors (Lipinski definition) is 2. The molecule has 2 saturated heterocycles. The molecule has 6 heteroatoms. The van der Waals surface area contributed by atoms with E-state index >= 15 is 0 Å². The second-order valence-corrected chi connectivity index (χ2v) is 5.27. The van der Waals surface area contributed by atoms with Crippen LogP contribution in [0.3, 0.4) is 0 Å². The lowest BCUT2D eigenvalue weighted by atomic mass is 10.0. The molecule has 1 aromatic heterocycles. The van der Waals surface area contributed by atoms with Crippen LogP contribution >= 0.6 is 0 Å². The molecule has 0 saturated carbocycles. The zero-order chi connectivity index (χ0) is 13.1. The quantitative estimate of drug-likeness (QED) is 0.828. The summed E-state index contributed by atoms with van der Waals surface area (Å²) in [5, 5.41) is 9.52. The summed E-state index contributed by atoms with van der Waals surface area (Å²) < 4.78 is 5.56. The topological polar surface area (TPSA) is 70.2 Å². The molecule has 0 aromatic carbocycles. The molecule has 104 valence electrons. The second-order valence-electron chi connectivity index (χ2n) is 5.27. The number of carbonyl (C=O) groups excluding carboxylic acids is 1. The Hall–Kier alpha value is -1.40. The molecular formula is C13H20N4O2. The SMILES string of the molecule is O=C(N[C@@H]1COC[C@H]1N1CCCCC1)c1cn[nH]c1. The van der Waals surface area contributed by atoms with Crippen molar-refractivity contribution in [3.05, 3.63) is 18.0 Å². The highest BCUT2D eigenvalue weighted by atomic mass is 16.5. The Bertz CT molecular complexity index is 414. The number of ether oxygens (including phenoxy) is 1. The number of likely N-dealkylation sites (tertiary alicyclic amines) is 1. The first-order valence-electron chi connectivity index (χ1n) is 6.96. The predicted molar refractivity (Wildman–Crippen MR) is 69.9 cm³/mol. The third kappa shape index (κ3) is 2.79. The van der Waals surface area contributed by atoms with Gasteiger partial charge in [0.15, 0.2) is 0 Å². The van der Waals surface area contributed by atoms with Gasteiger partial charge in [0.2, 0.25) is 0 Å². The first kappa shape index (κ1) is 12.6. The highest BCUT2D eigenvalue weighted by Gasteiger charge is 2.34. The summed E-state index contributed by atoms with van der Waals surface area (Å²) in [6, 6.07) is 0.400. The Balaban J connectivity index is 1.61. The molecule has 2 fully saturated rings. The van der Waals surface area contributed by atoms with Gasteiger partial charge in [0.25, 0.3) is 5.91 Å². The minimum atomic E-state index is -0.0775. The molecule has 0 unspecified atom stereocenters. The highest BCUT2D eigenvalue weighted by molar-refractivity contribution is 5.93. The van der Waals surface area contributed by atoms with Gasteiger partial charge in [-0.15, -0.1) is 0 Å². The van der Waals surface area contributed by atoms with Crippen molar-refractivity contribution in [3.8, 4) is 0 Å². The van der Waals surface area contributed by atoms with Gasteiger partial charge in [-0.25, -0.2) is 0 Å².